The highest BCUT2D eigenvalue weighted by Crippen LogP contribution is 2.64. The number of aliphatic hydroxyl groups excluding tert-OH is 1. The van der Waals surface area contributed by atoms with Crippen LogP contribution in [0.25, 0.3) is 0 Å². The number of carbonyl (C=O) groups is 3. The molecule has 1 spiro atoms. The molecular weight excluding hydrogens is 450 g/mol. The standard InChI is InChI=1S/C26H37N3O6/c1-6-25-12-13-26(35-25)20(19(25)22(31)28-17-8-10-18(11-9-17)34-7-2)24(33)29(16(5)14-30)21(26)23(32)27-15(3)4/h8-11,15-16,19-21,30H,6-7,12-14H2,1-5H3,(H,27,32)(H,28,31)/t16-,19+,20+,21?,25-,26?/m1/s1. The van der Waals surface area contributed by atoms with Crippen molar-refractivity contribution in [2.75, 3.05) is 18.5 Å². The number of fused-ring (bicyclic) bond motifs is 1. The van der Waals surface area contributed by atoms with Gasteiger partial charge >= 0.3 is 0 Å². The van der Waals surface area contributed by atoms with Crippen LogP contribution in [0.4, 0.5) is 5.69 Å². The number of rotatable bonds is 9. The minimum Gasteiger partial charge on any atom is -0.494 e. The van der Waals surface area contributed by atoms with Crippen molar-refractivity contribution in [1.82, 2.24) is 10.2 Å². The van der Waals surface area contributed by atoms with Crippen molar-refractivity contribution in [3.8, 4) is 5.75 Å². The summed E-state index contributed by atoms with van der Waals surface area (Å²) in [6.07, 6.45) is 1.64. The van der Waals surface area contributed by atoms with E-state index in [2.05, 4.69) is 10.6 Å². The molecule has 2 bridgehead atoms. The Morgan fingerprint density at radius 3 is 2.43 bits per heavy atom. The average molecular weight is 488 g/mol. The number of nitrogens with one attached hydrogen (secondary N) is 2. The van der Waals surface area contributed by atoms with E-state index in [0.717, 1.165) is 0 Å². The highest BCUT2D eigenvalue weighted by molar-refractivity contribution is 6.02. The summed E-state index contributed by atoms with van der Waals surface area (Å²) >= 11 is 0. The van der Waals surface area contributed by atoms with Crippen molar-refractivity contribution in [2.24, 2.45) is 11.8 Å². The Morgan fingerprint density at radius 1 is 1.17 bits per heavy atom. The van der Waals surface area contributed by atoms with Gasteiger partial charge < -0.3 is 30.1 Å². The summed E-state index contributed by atoms with van der Waals surface area (Å²) in [6, 6.07) is 5.48. The zero-order valence-electron chi connectivity index (χ0n) is 21.2. The van der Waals surface area contributed by atoms with Crippen molar-refractivity contribution in [3.05, 3.63) is 24.3 Å². The fourth-order valence-electron chi connectivity index (χ4n) is 6.30. The number of nitrogens with zero attached hydrogens (tertiary/aromatic N) is 1. The normalized spacial score (nSPS) is 32.0. The molecule has 3 aliphatic rings. The van der Waals surface area contributed by atoms with Crippen molar-refractivity contribution in [3.63, 3.8) is 0 Å². The lowest BCUT2D eigenvalue weighted by molar-refractivity contribution is -0.149. The molecule has 6 atom stereocenters. The minimum absolute atomic E-state index is 0.128. The van der Waals surface area contributed by atoms with Crippen molar-refractivity contribution < 1.29 is 29.0 Å². The molecule has 9 nitrogen and oxygen atoms in total. The Morgan fingerprint density at radius 2 is 1.86 bits per heavy atom. The molecule has 3 aliphatic heterocycles. The SMILES string of the molecule is CCOc1ccc(NC(=O)[C@@H]2[C@H]3C(=O)N([C@H](C)CO)C(C(=O)NC(C)C)C34CC[C@@]2(CC)O4)cc1. The van der Waals surface area contributed by atoms with E-state index < -0.39 is 35.1 Å². The van der Waals surface area contributed by atoms with Crippen LogP contribution < -0.4 is 15.4 Å². The van der Waals surface area contributed by atoms with E-state index >= 15 is 0 Å². The lowest BCUT2D eigenvalue weighted by Gasteiger charge is -2.36. The number of ether oxygens (including phenoxy) is 2. The fraction of sp³-hybridized carbons (Fsp3) is 0.654. The van der Waals surface area contributed by atoms with Gasteiger partial charge in [0.1, 0.15) is 17.4 Å². The molecule has 3 heterocycles. The number of hydrogen-bond donors (Lipinski definition) is 3. The summed E-state index contributed by atoms with van der Waals surface area (Å²) in [7, 11) is 0. The molecule has 35 heavy (non-hydrogen) atoms. The molecule has 1 aromatic rings. The minimum atomic E-state index is -1.10. The highest BCUT2D eigenvalue weighted by atomic mass is 16.5. The maximum absolute atomic E-state index is 13.9. The molecule has 2 unspecified atom stereocenters. The second-order valence-electron chi connectivity index (χ2n) is 10.2. The van der Waals surface area contributed by atoms with Gasteiger partial charge in [-0.05, 0) is 71.2 Å². The first-order valence-corrected chi connectivity index (χ1v) is 12.6. The number of benzene rings is 1. The summed E-state index contributed by atoms with van der Waals surface area (Å²) in [5.41, 5.74) is -1.32. The van der Waals surface area contributed by atoms with E-state index in [9.17, 15) is 19.5 Å². The molecule has 1 aromatic carbocycles. The van der Waals surface area contributed by atoms with Crippen LogP contribution in [0.3, 0.4) is 0 Å². The predicted octanol–water partition coefficient (Wildman–Crippen LogP) is 2.08. The Kier molecular flexibility index (Phi) is 6.85. The number of carbonyl (C=O) groups excluding carboxylic acids is 3. The number of likely N-dealkylation sites (tertiary alicyclic amines) is 1. The molecule has 0 aliphatic carbocycles. The van der Waals surface area contributed by atoms with E-state index in [4.69, 9.17) is 9.47 Å². The summed E-state index contributed by atoms with van der Waals surface area (Å²) in [6.45, 7) is 9.54. The van der Waals surface area contributed by atoms with Gasteiger partial charge in [-0.2, -0.15) is 0 Å². The molecule has 0 radical (unpaired) electrons. The Hall–Kier alpha value is -2.65. The molecule has 9 heteroatoms. The van der Waals surface area contributed by atoms with Gasteiger partial charge in [-0.1, -0.05) is 6.92 Å². The molecule has 4 rings (SSSR count). The van der Waals surface area contributed by atoms with Gasteiger partial charge in [0.05, 0.1) is 36.7 Å². The van der Waals surface area contributed by atoms with Crippen molar-refractivity contribution in [2.45, 2.75) is 83.2 Å². The van der Waals surface area contributed by atoms with Crippen LogP contribution in [0, 0.1) is 11.8 Å². The summed E-state index contributed by atoms with van der Waals surface area (Å²) < 4.78 is 12.1. The fourth-order valence-corrected chi connectivity index (χ4v) is 6.30. The number of amides is 3. The molecule has 3 fully saturated rings. The zero-order valence-corrected chi connectivity index (χ0v) is 21.2. The summed E-state index contributed by atoms with van der Waals surface area (Å²) in [5.74, 6) is -1.75. The van der Waals surface area contributed by atoms with Crippen LogP contribution >= 0.6 is 0 Å². The third-order valence-electron chi connectivity index (χ3n) is 7.75. The third-order valence-corrected chi connectivity index (χ3v) is 7.75. The molecule has 3 N–H and O–H groups in total. The quantitative estimate of drug-likeness (QED) is 0.491. The lowest BCUT2D eigenvalue weighted by atomic mass is 9.65. The van der Waals surface area contributed by atoms with Crippen molar-refractivity contribution >= 4 is 23.4 Å². The van der Waals surface area contributed by atoms with Gasteiger partial charge in [-0.3, -0.25) is 14.4 Å². The molecule has 192 valence electrons. The van der Waals surface area contributed by atoms with Gasteiger partial charge in [0.2, 0.25) is 17.7 Å². The molecule has 0 aromatic heterocycles. The second-order valence-corrected chi connectivity index (χ2v) is 10.2. The van der Waals surface area contributed by atoms with Crippen LogP contribution in [0.15, 0.2) is 24.3 Å². The number of hydrogen-bond acceptors (Lipinski definition) is 6. The monoisotopic (exact) mass is 487 g/mol. The van der Waals surface area contributed by atoms with Gasteiger partial charge in [0, 0.05) is 11.7 Å². The zero-order chi connectivity index (χ0) is 25.5. The van der Waals surface area contributed by atoms with Crippen LogP contribution in [-0.2, 0) is 19.1 Å². The molecule has 3 saturated heterocycles. The third kappa shape index (κ3) is 3.98. The first-order valence-electron chi connectivity index (χ1n) is 12.6. The Bertz CT molecular complexity index is 982. The number of anilines is 1. The van der Waals surface area contributed by atoms with Crippen molar-refractivity contribution in [1.29, 1.82) is 0 Å². The van der Waals surface area contributed by atoms with Gasteiger partial charge in [-0.15, -0.1) is 0 Å². The van der Waals surface area contributed by atoms with Gasteiger partial charge in [0.25, 0.3) is 0 Å². The topological polar surface area (TPSA) is 117 Å². The van der Waals surface area contributed by atoms with Crippen LogP contribution in [0.1, 0.15) is 53.9 Å². The smallest absolute Gasteiger partial charge is 0.246 e. The Balaban J connectivity index is 1.70. The summed E-state index contributed by atoms with van der Waals surface area (Å²) in [5, 5.41) is 15.8. The molecule has 3 amide bonds. The maximum atomic E-state index is 13.9. The van der Waals surface area contributed by atoms with Crippen LogP contribution in [-0.4, -0.2) is 70.3 Å². The molecular formula is C26H37N3O6. The largest absolute Gasteiger partial charge is 0.494 e. The van der Waals surface area contributed by atoms with E-state index in [0.29, 0.717) is 37.3 Å². The average Bonchev–Trinajstić information content (AvgIpc) is 3.43. The first kappa shape index (κ1) is 25.4. The van der Waals surface area contributed by atoms with E-state index in [1.807, 2.05) is 27.7 Å². The van der Waals surface area contributed by atoms with Gasteiger partial charge in [0.15, 0.2) is 0 Å². The van der Waals surface area contributed by atoms with Gasteiger partial charge in [-0.25, -0.2) is 0 Å². The van der Waals surface area contributed by atoms with E-state index in [1.54, 1.807) is 31.2 Å². The first-order chi connectivity index (χ1) is 16.6. The summed E-state index contributed by atoms with van der Waals surface area (Å²) in [4.78, 5) is 42.5. The van der Waals surface area contributed by atoms with Crippen LogP contribution in [0.5, 0.6) is 5.75 Å². The maximum Gasteiger partial charge on any atom is 0.246 e. The lowest BCUT2D eigenvalue weighted by Crippen LogP contribution is -2.58. The highest BCUT2D eigenvalue weighted by Gasteiger charge is 2.78. The molecule has 0 saturated carbocycles. The second kappa shape index (κ2) is 9.43. The Labute approximate surface area is 206 Å². The number of aliphatic hydroxyl groups is 1. The predicted molar refractivity (Wildman–Crippen MR) is 130 cm³/mol. The van der Waals surface area contributed by atoms with Crippen LogP contribution in [0.2, 0.25) is 0 Å². The van der Waals surface area contributed by atoms with E-state index in [-0.39, 0.29) is 30.4 Å². The van der Waals surface area contributed by atoms with E-state index in [1.165, 1.54) is 4.90 Å².